The maximum Gasteiger partial charge on any atom is 0.157 e. The van der Waals surface area contributed by atoms with Crippen molar-refractivity contribution in [1.29, 1.82) is 0 Å². The summed E-state index contributed by atoms with van der Waals surface area (Å²) < 4.78 is 0. The standard InChI is InChI=1S/C16H25NO2/c1-3-7-17(8-4-2)14-6-5-12-10-15(18)16(19)11-13(12)9-14/h10-11,14,18-19H,3-9H2,1-2H3/t14-/m1/s1. The number of aryl methyl sites for hydroxylation is 1. The lowest BCUT2D eigenvalue weighted by molar-refractivity contribution is 0.180. The van der Waals surface area contributed by atoms with Gasteiger partial charge in [0.15, 0.2) is 11.5 Å². The second-order valence-corrected chi connectivity index (χ2v) is 5.54. The molecular formula is C16H25NO2. The van der Waals surface area contributed by atoms with Gasteiger partial charge < -0.3 is 15.1 Å². The Bertz CT molecular complexity index is 425. The van der Waals surface area contributed by atoms with Crippen molar-refractivity contribution < 1.29 is 10.2 Å². The minimum Gasteiger partial charge on any atom is -0.504 e. The number of hydrogen-bond acceptors (Lipinski definition) is 3. The molecular weight excluding hydrogens is 238 g/mol. The van der Waals surface area contributed by atoms with Crippen LogP contribution in [0.15, 0.2) is 12.1 Å². The van der Waals surface area contributed by atoms with Crippen LogP contribution in [0.2, 0.25) is 0 Å². The molecule has 0 saturated heterocycles. The van der Waals surface area contributed by atoms with E-state index in [0.29, 0.717) is 6.04 Å². The molecule has 1 aromatic rings. The second kappa shape index (κ2) is 6.29. The van der Waals surface area contributed by atoms with Gasteiger partial charge in [-0.1, -0.05) is 13.8 Å². The van der Waals surface area contributed by atoms with E-state index in [0.717, 1.165) is 32.4 Å². The van der Waals surface area contributed by atoms with Crippen molar-refractivity contribution in [3.63, 3.8) is 0 Å². The van der Waals surface area contributed by atoms with Gasteiger partial charge in [-0.25, -0.2) is 0 Å². The van der Waals surface area contributed by atoms with Crippen molar-refractivity contribution in [2.75, 3.05) is 13.1 Å². The zero-order chi connectivity index (χ0) is 13.8. The van der Waals surface area contributed by atoms with Gasteiger partial charge in [0.05, 0.1) is 0 Å². The third-order valence-electron chi connectivity index (χ3n) is 4.04. The number of phenols is 2. The maximum atomic E-state index is 9.64. The third-order valence-corrected chi connectivity index (χ3v) is 4.04. The molecule has 0 spiro atoms. The molecule has 2 N–H and O–H groups in total. The van der Waals surface area contributed by atoms with Gasteiger partial charge in [0, 0.05) is 6.04 Å². The molecule has 1 aliphatic carbocycles. The van der Waals surface area contributed by atoms with Crippen LogP contribution in [-0.2, 0) is 12.8 Å². The second-order valence-electron chi connectivity index (χ2n) is 5.54. The number of nitrogens with zero attached hydrogens (tertiary/aromatic N) is 1. The summed E-state index contributed by atoms with van der Waals surface area (Å²) in [5.74, 6) is 0.0214. The number of fused-ring (bicyclic) bond motifs is 1. The van der Waals surface area contributed by atoms with Crippen LogP contribution in [0.25, 0.3) is 0 Å². The first kappa shape index (κ1) is 14.2. The number of phenolic OH excluding ortho intramolecular Hbond substituents is 2. The molecule has 0 fully saturated rings. The van der Waals surface area contributed by atoms with Crippen LogP contribution >= 0.6 is 0 Å². The number of benzene rings is 1. The van der Waals surface area contributed by atoms with Gasteiger partial charge in [-0.05, 0) is 68.5 Å². The zero-order valence-electron chi connectivity index (χ0n) is 12.0. The smallest absolute Gasteiger partial charge is 0.157 e. The third kappa shape index (κ3) is 3.21. The van der Waals surface area contributed by atoms with Crippen molar-refractivity contribution in [2.45, 2.75) is 52.0 Å². The van der Waals surface area contributed by atoms with E-state index >= 15 is 0 Å². The van der Waals surface area contributed by atoms with Crippen LogP contribution in [0.3, 0.4) is 0 Å². The molecule has 3 nitrogen and oxygen atoms in total. The normalized spacial score (nSPS) is 18.6. The summed E-state index contributed by atoms with van der Waals surface area (Å²) in [5, 5.41) is 19.2. The number of aromatic hydroxyl groups is 2. The quantitative estimate of drug-likeness (QED) is 0.802. The Morgan fingerprint density at radius 3 is 2.21 bits per heavy atom. The largest absolute Gasteiger partial charge is 0.504 e. The summed E-state index contributed by atoms with van der Waals surface area (Å²) in [7, 11) is 0. The van der Waals surface area contributed by atoms with E-state index in [4.69, 9.17) is 0 Å². The van der Waals surface area contributed by atoms with Crippen LogP contribution in [0.1, 0.15) is 44.2 Å². The number of hydrogen-bond donors (Lipinski definition) is 2. The van der Waals surface area contributed by atoms with Gasteiger partial charge in [0.25, 0.3) is 0 Å². The summed E-state index contributed by atoms with van der Waals surface area (Å²) >= 11 is 0. The van der Waals surface area contributed by atoms with Crippen molar-refractivity contribution in [2.24, 2.45) is 0 Å². The maximum absolute atomic E-state index is 9.64. The molecule has 0 amide bonds. The Balaban J connectivity index is 2.14. The minimum atomic E-state index is 0.0103. The Hall–Kier alpha value is -1.22. The molecule has 0 bridgehead atoms. The number of rotatable bonds is 5. The zero-order valence-corrected chi connectivity index (χ0v) is 12.0. The van der Waals surface area contributed by atoms with Crippen LogP contribution in [0, 0.1) is 0 Å². The van der Waals surface area contributed by atoms with Gasteiger partial charge >= 0.3 is 0 Å². The minimum absolute atomic E-state index is 0.0103. The van der Waals surface area contributed by atoms with E-state index < -0.39 is 0 Å². The van der Waals surface area contributed by atoms with E-state index in [1.807, 2.05) is 0 Å². The first-order chi connectivity index (χ1) is 9.15. The average Bonchev–Trinajstić information content (AvgIpc) is 2.39. The lowest BCUT2D eigenvalue weighted by Gasteiger charge is -2.35. The fourth-order valence-corrected chi connectivity index (χ4v) is 3.13. The van der Waals surface area contributed by atoms with Crippen molar-refractivity contribution in [3.8, 4) is 11.5 Å². The van der Waals surface area contributed by atoms with Crippen LogP contribution in [0.4, 0.5) is 0 Å². The molecule has 19 heavy (non-hydrogen) atoms. The van der Waals surface area contributed by atoms with Gasteiger partial charge in [-0.2, -0.15) is 0 Å². The topological polar surface area (TPSA) is 43.7 Å². The van der Waals surface area contributed by atoms with Crippen LogP contribution in [-0.4, -0.2) is 34.2 Å². The van der Waals surface area contributed by atoms with Crippen molar-refractivity contribution in [3.05, 3.63) is 23.3 Å². The Kier molecular flexibility index (Phi) is 4.70. The predicted molar refractivity (Wildman–Crippen MR) is 77.7 cm³/mol. The molecule has 1 aliphatic rings. The lowest BCUT2D eigenvalue weighted by atomic mass is 9.87. The first-order valence-electron chi connectivity index (χ1n) is 7.43. The highest BCUT2D eigenvalue weighted by Gasteiger charge is 2.24. The monoisotopic (exact) mass is 263 g/mol. The highest BCUT2D eigenvalue weighted by molar-refractivity contribution is 5.46. The van der Waals surface area contributed by atoms with E-state index in [9.17, 15) is 10.2 Å². The Labute approximate surface area is 115 Å². The SMILES string of the molecule is CCCN(CCC)[C@@H]1CCc2cc(O)c(O)cc2C1. The molecule has 1 atom stereocenters. The van der Waals surface area contributed by atoms with E-state index in [-0.39, 0.29) is 11.5 Å². The molecule has 0 heterocycles. The van der Waals surface area contributed by atoms with Gasteiger partial charge in [-0.3, -0.25) is 0 Å². The van der Waals surface area contributed by atoms with E-state index in [2.05, 4.69) is 18.7 Å². The van der Waals surface area contributed by atoms with Crippen molar-refractivity contribution in [1.82, 2.24) is 4.90 Å². The van der Waals surface area contributed by atoms with Crippen LogP contribution in [0.5, 0.6) is 11.5 Å². The highest BCUT2D eigenvalue weighted by atomic mass is 16.3. The summed E-state index contributed by atoms with van der Waals surface area (Å²) in [4.78, 5) is 2.58. The molecule has 0 radical (unpaired) electrons. The lowest BCUT2D eigenvalue weighted by Crippen LogP contribution is -2.40. The molecule has 0 unspecified atom stereocenters. The van der Waals surface area contributed by atoms with Gasteiger partial charge in [0.2, 0.25) is 0 Å². The van der Waals surface area contributed by atoms with Gasteiger partial charge in [0.1, 0.15) is 0 Å². The molecule has 0 aliphatic heterocycles. The molecule has 2 rings (SSSR count). The summed E-state index contributed by atoms with van der Waals surface area (Å²) in [5.41, 5.74) is 2.39. The molecule has 106 valence electrons. The van der Waals surface area contributed by atoms with Crippen LogP contribution < -0.4 is 0 Å². The highest BCUT2D eigenvalue weighted by Crippen LogP contribution is 2.33. The average molecular weight is 263 g/mol. The predicted octanol–water partition coefficient (Wildman–Crippen LogP) is 3.08. The fourth-order valence-electron chi connectivity index (χ4n) is 3.13. The molecule has 0 saturated carbocycles. The summed E-state index contributed by atoms with van der Waals surface area (Å²) in [6.45, 7) is 6.75. The Morgan fingerprint density at radius 1 is 1.05 bits per heavy atom. The first-order valence-corrected chi connectivity index (χ1v) is 7.43. The van der Waals surface area contributed by atoms with Gasteiger partial charge in [-0.15, -0.1) is 0 Å². The fraction of sp³-hybridized carbons (Fsp3) is 0.625. The summed E-state index contributed by atoms with van der Waals surface area (Å²) in [6, 6.07) is 4.05. The van der Waals surface area contributed by atoms with Crippen molar-refractivity contribution >= 4 is 0 Å². The molecule has 0 aromatic heterocycles. The van der Waals surface area contributed by atoms with E-state index in [1.54, 1.807) is 12.1 Å². The van der Waals surface area contributed by atoms with E-state index in [1.165, 1.54) is 24.0 Å². The Morgan fingerprint density at radius 2 is 1.63 bits per heavy atom. The summed E-state index contributed by atoms with van der Waals surface area (Å²) in [6.07, 6.45) is 5.51. The molecule has 1 aromatic carbocycles. The molecule has 3 heteroatoms.